The number of nitrogen functional groups attached to an aromatic ring is 1. The van der Waals surface area contributed by atoms with Gasteiger partial charge in [-0.15, -0.1) is 0 Å². The van der Waals surface area contributed by atoms with Crippen molar-refractivity contribution in [3.05, 3.63) is 56.5 Å². The van der Waals surface area contributed by atoms with Gasteiger partial charge in [0.05, 0.1) is 16.9 Å². The number of halogens is 2. The molecular weight excluding hydrogens is 340 g/mol. The van der Waals surface area contributed by atoms with Crippen LogP contribution in [0.2, 0.25) is 5.02 Å². The summed E-state index contributed by atoms with van der Waals surface area (Å²) in [6.07, 6.45) is 0. The minimum Gasteiger partial charge on any atom is -0.397 e. The summed E-state index contributed by atoms with van der Waals surface area (Å²) in [6.45, 7) is 3.90. The number of hydrogen-bond donors (Lipinski definition) is 2. The summed E-state index contributed by atoms with van der Waals surface area (Å²) in [5.74, 6) is -0.250. The van der Waals surface area contributed by atoms with Gasteiger partial charge in [-0.3, -0.25) is 4.79 Å². The first-order valence-corrected chi connectivity index (χ1v) is 7.19. The van der Waals surface area contributed by atoms with Crippen LogP contribution in [0.25, 0.3) is 0 Å². The van der Waals surface area contributed by atoms with Crippen LogP contribution in [0, 0.1) is 13.8 Å². The Labute approximate surface area is 131 Å². The van der Waals surface area contributed by atoms with E-state index in [4.69, 9.17) is 17.3 Å². The largest absolute Gasteiger partial charge is 0.397 e. The Morgan fingerprint density at radius 2 is 1.95 bits per heavy atom. The third-order valence-electron chi connectivity index (χ3n) is 3.18. The number of benzene rings is 2. The van der Waals surface area contributed by atoms with E-state index >= 15 is 0 Å². The molecule has 0 aliphatic rings. The zero-order valence-corrected chi connectivity index (χ0v) is 13.5. The fourth-order valence-corrected chi connectivity index (χ4v) is 2.45. The minimum atomic E-state index is -0.250. The highest BCUT2D eigenvalue weighted by Crippen LogP contribution is 2.28. The molecule has 0 saturated carbocycles. The van der Waals surface area contributed by atoms with Crippen LogP contribution >= 0.6 is 27.5 Å². The summed E-state index contributed by atoms with van der Waals surface area (Å²) >= 11 is 9.27. The number of nitrogens with one attached hydrogen (secondary N) is 1. The second-order valence-electron chi connectivity index (χ2n) is 4.55. The standard InChI is InChI=1S/C15H14BrClN2O/c1-8-3-6-13(18)14(9(8)2)19-15(20)11-7-10(17)4-5-12(11)16/h3-7H,18H2,1-2H3,(H,19,20). The smallest absolute Gasteiger partial charge is 0.256 e. The van der Waals surface area contributed by atoms with Crippen molar-refractivity contribution in [1.29, 1.82) is 0 Å². The highest BCUT2D eigenvalue weighted by molar-refractivity contribution is 9.10. The van der Waals surface area contributed by atoms with Crippen LogP contribution in [0.4, 0.5) is 11.4 Å². The van der Waals surface area contributed by atoms with Gasteiger partial charge in [0.15, 0.2) is 0 Å². The van der Waals surface area contributed by atoms with E-state index in [2.05, 4.69) is 21.2 Å². The van der Waals surface area contributed by atoms with E-state index in [-0.39, 0.29) is 5.91 Å². The van der Waals surface area contributed by atoms with Gasteiger partial charge in [-0.2, -0.15) is 0 Å². The molecule has 5 heteroatoms. The Bertz CT molecular complexity index is 686. The van der Waals surface area contributed by atoms with E-state index in [1.54, 1.807) is 24.3 Å². The van der Waals surface area contributed by atoms with Crippen molar-refractivity contribution in [3.8, 4) is 0 Å². The molecule has 0 spiro atoms. The summed E-state index contributed by atoms with van der Waals surface area (Å²) in [7, 11) is 0. The summed E-state index contributed by atoms with van der Waals surface area (Å²) in [6, 6.07) is 8.78. The molecular formula is C15H14BrClN2O. The maximum Gasteiger partial charge on any atom is 0.256 e. The number of amides is 1. The van der Waals surface area contributed by atoms with Crippen molar-refractivity contribution >= 4 is 44.8 Å². The first-order valence-electron chi connectivity index (χ1n) is 6.02. The van der Waals surface area contributed by atoms with E-state index < -0.39 is 0 Å². The second-order valence-corrected chi connectivity index (χ2v) is 5.84. The highest BCUT2D eigenvalue weighted by Gasteiger charge is 2.14. The van der Waals surface area contributed by atoms with Gasteiger partial charge >= 0.3 is 0 Å². The fraction of sp³-hybridized carbons (Fsp3) is 0.133. The number of aryl methyl sites for hydroxylation is 1. The summed E-state index contributed by atoms with van der Waals surface area (Å²) < 4.78 is 0.684. The minimum absolute atomic E-state index is 0.250. The Kier molecular flexibility index (Phi) is 4.35. The number of carbonyl (C=O) groups is 1. The van der Waals surface area contributed by atoms with Gasteiger partial charge in [-0.1, -0.05) is 17.7 Å². The Morgan fingerprint density at radius 3 is 2.65 bits per heavy atom. The van der Waals surface area contributed by atoms with E-state index in [1.807, 2.05) is 19.9 Å². The molecule has 3 nitrogen and oxygen atoms in total. The zero-order valence-electron chi connectivity index (χ0n) is 11.1. The first-order chi connectivity index (χ1) is 9.40. The quantitative estimate of drug-likeness (QED) is 0.778. The van der Waals surface area contributed by atoms with Gasteiger partial charge in [-0.05, 0) is 65.2 Å². The Balaban J connectivity index is 2.38. The number of rotatable bonds is 2. The van der Waals surface area contributed by atoms with Crippen LogP contribution in [0.5, 0.6) is 0 Å². The average Bonchev–Trinajstić information content (AvgIpc) is 2.41. The van der Waals surface area contributed by atoms with Gasteiger partial charge in [0.25, 0.3) is 5.91 Å². The van der Waals surface area contributed by atoms with Crippen molar-refractivity contribution in [2.45, 2.75) is 13.8 Å². The molecule has 0 saturated heterocycles. The summed E-state index contributed by atoms with van der Waals surface area (Å²) in [4.78, 5) is 12.3. The van der Waals surface area contributed by atoms with Crippen LogP contribution in [0.3, 0.4) is 0 Å². The fourth-order valence-electron chi connectivity index (χ4n) is 1.86. The van der Waals surface area contributed by atoms with Crippen LogP contribution < -0.4 is 11.1 Å². The first kappa shape index (κ1) is 14.9. The lowest BCUT2D eigenvalue weighted by Crippen LogP contribution is -2.15. The van der Waals surface area contributed by atoms with Gasteiger partial charge in [0.2, 0.25) is 0 Å². The predicted molar refractivity (Wildman–Crippen MR) is 87.4 cm³/mol. The molecule has 0 aliphatic carbocycles. The van der Waals surface area contributed by atoms with E-state index in [1.165, 1.54) is 0 Å². The maximum atomic E-state index is 12.3. The maximum absolute atomic E-state index is 12.3. The van der Waals surface area contributed by atoms with Crippen molar-refractivity contribution in [2.24, 2.45) is 0 Å². The predicted octanol–water partition coefficient (Wildman–Crippen LogP) is 4.55. The van der Waals surface area contributed by atoms with Crippen molar-refractivity contribution < 1.29 is 4.79 Å². The summed E-state index contributed by atoms with van der Waals surface area (Å²) in [5, 5.41) is 3.36. The normalized spacial score (nSPS) is 10.4. The SMILES string of the molecule is Cc1ccc(N)c(NC(=O)c2cc(Cl)ccc2Br)c1C. The lowest BCUT2D eigenvalue weighted by atomic mass is 10.1. The van der Waals surface area contributed by atoms with E-state index in [9.17, 15) is 4.79 Å². The number of anilines is 2. The average molecular weight is 354 g/mol. The van der Waals surface area contributed by atoms with E-state index in [0.717, 1.165) is 11.1 Å². The molecule has 0 heterocycles. The number of carbonyl (C=O) groups excluding carboxylic acids is 1. The molecule has 20 heavy (non-hydrogen) atoms. The summed E-state index contributed by atoms with van der Waals surface area (Å²) in [5.41, 5.74) is 9.61. The Hall–Kier alpha value is -1.52. The van der Waals surface area contributed by atoms with Crippen LogP contribution in [-0.2, 0) is 0 Å². The van der Waals surface area contributed by atoms with Crippen LogP contribution in [0.15, 0.2) is 34.8 Å². The monoisotopic (exact) mass is 352 g/mol. The lowest BCUT2D eigenvalue weighted by Gasteiger charge is -2.14. The second kappa shape index (κ2) is 5.85. The molecule has 0 radical (unpaired) electrons. The molecule has 104 valence electrons. The Morgan fingerprint density at radius 1 is 1.25 bits per heavy atom. The molecule has 0 bridgehead atoms. The third kappa shape index (κ3) is 2.97. The van der Waals surface area contributed by atoms with Crippen LogP contribution in [0.1, 0.15) is 21.5 Å². The molecule has 0 aliphatic heterocycles. The zero-order chi connectivity index (χ0) is 14.9. The molecule has 0 atom stereocenters. The lowest BCUT2D eigenvalue weighted by molar-refractivity contribution is 0.102. The molecule has 1 amide bonds. The van der Waals surface area contributed by atoms with E-state index in [0.29, 0.717) is 26.4 Å². The molecule has 2 aromatic rings. The molecule has 2 rings (SSSR count). The highest BCUT2D eigenvalue weighted by atomic mass is 79.9. The van der Waals surface area contributed by atoms with Gasteiger partial charge in [0, 0.05) is 9.50 Å². The number of hydrogen-bond acceptors (Lipinski definition) is 2. The molecule has 0 fully saturated rings. The van der Waals surface area contributed by atoms with Crippen molar-refractivity contribution in [2.75, 3.05) is 11.1 Å². The number of nitrogens with two attached hydrogens (primary N) is 1. The van der Waals surface area contributed by atoms with Crippen molar-refractivity contribution in [3.63, 3.8) is 0 Å². The van der Waals surface area contributed by atoms with Gasteiger partial charge < -0.3 is 11.1 Å². The van der Waals surface area contributed by atoms with Crippen molar-refractivity contribution in [1.82, 2.24) is 0 Å². The topological polar surface area (TPSA) is 55.1 Å². The molecule has 0 aromatic heterocycles. The molecule has 0 unspecified atom stereocenters. The molecule has 3 N–H and O–H groups in total. The van der Waals surface area contributed by atoms with Crippen LogP contribution in [-0.4, -0.2) is 5.91 Å². The van der Waals surface area contributed by atoms with Gasteiger partial charge in [0.1, 0.15) is 0 Å². The molecule has 2 aromatic carbocycles. The van der Waals surface area contributed by atoms with Gasteiger partial charge in [-0.25, -0.2) is 0 Å². The third-order valence-corrected chi connectivity index (χ3v) is 4.11.